The molecule has 0 aliphatic rings. The third-order valence-electron chi connectivity index (χ3n) is 3.16. The summed E-state index contributed by atoms with van der Waals surface area (Å²) in [4.78, 5) is 12.2. The Hall–Kier alpha value is -2.33. The molecule has 1 amide bonds. The second-order valence-corrected chi connectivity index (χ2v) is 4.96. The summed E-state index contributed by atoms with van der Waals surface area (Å²) in [6.07, 6.45) is 0. The monoisotopic (exact) mass is 284 g/mol. The van der Waals surface area contributed by atoms with Crippen LogP contribution in [0.5, 0.6) is 5.75 Å². The lowest BCUT2D eigenvalue weighted by Crippen LogP contribution is -2.14. The molecule has 110 valence electrons. The van der Waals surface area contributed by atoms with E-state index in [1.807, 2.05) is 38.1 Å². The highest BCUT2D eigenvalue weighted by atomic mass is 16.3. The van der Waals surface area contributed by atoms with E-state index in [1.165, 1.54) is 0 Å². The van der Waals surface area contributed by atoms with E-state index in [1.54, 1.807) is 18.2 Å². The lowest BCUT2D eigenvalue weighted by atomic mass is 10.1. The molecule has 0 atom stereocenters. The zero-order chi connectivity index (χ0) is 15.2. The normalized spacial score (nSPS) is 10.4. The van der Waals surface area contributed by atoms with E-state index in [2.05, 4.69) is 10.6 Å². The highest BCUT2D eigenvalue weighted by molar-refractivity contribution is 6.06. The summed E-state index contributed by atoms with van der Waals surface area (Å²) in [6.45, 7) is 5.57. The molecule has 2 aromatic rings. The van der Waals surface area contributed by atoms with E-state index in [0.29, 0.717) is 0 Å². The molecule has 3 N–H and O–H groups in total. The predicted octanol–water partition coefficient (Wildman–Crippen LogP) is 3.06. The third kappa shape index (κ3) is 4.07. The van der Waals surface area contributed by atoms with Crippen LogP contribution in [0.4, 0.5) is 5.69 Å². The standard InChI is InChI=1S/C17H20N2O2/c1-3-18-11-13-5-4-6-14(10-13)19-17(21)15-8-7-12(2)9-16(15)20/h4-10,18,20H,3,11H2,1-2H3,(H,19,21). The van der Waals surface area contributed by atoms with Gasteiger partial charge in [0, 0.05) is 12.2 Å². The average molecular weight is 284 g/mol. The largest absolute Gasteiger partial charge is 0.507 e. The van der Waals surface area contributed by atoms with Crippen LogP contribution >= 0.6 is 0 Å². The first-order valence-electron chi connectivity index (χ1n) is 7.00. The van der Waals surface area contributed by atoms with Gasteiger partial charge in [-0.3, -0.25) is 4.79 Å². The van der Waals surface area contributed by atoms with E-state index in [4.69, 9.17) is 0 Å². The van der Waals surface area contributed by atoms with Crippen molar-refractivity contribution in [2.75, 3.05) is 11.9 Å². The van der Waals surface area contributed by atoms with Gasteiger partial charge in [0.25, 0.3) is 5.91 Å². The van der Waals surface area contributed by atoms with Crippen molar-refractivity contribution in [2.24, 2.45) is 0 Å². The fraction of sp³-hybridized carbons (Fsp3) is 0.235. The lowest BCUT2D eigenvalue weighted by molar-refractivity contribution is 0.102. The number of rotatable bonds is 5. The summed E-state index contributed by atoms with van der Waals surface area (Å²) in [5, 5.41) is 15.9. The van der Waals surface area contributed by atoms with E-state index in [0.717, 1.165) is 29.9 Å². The van der Waals surface area contributed by atoms with Crippen molar-refractivity contribution in [3.8, 4) is 5.75 Å². The van der Waals surface area contributed by atoms with Crippen molar-refractivity contribution >= 4 is 11.6 Å². The number of carbonyl (C=O) groups is 1. The number of phenolic OH excluding ortho intramolecular Hbond substituents is 1. The molecule has 0 radical (unpaired) electrons. The highest BCUT2D eigenvalue weighted by Gasteiger charge is 2.11. The topological polar surface area (TPSA) is 61.4 Å². The van der Waals surface area contributed by atoms with Gasteiger partial charge < -0.3 is 15.7 Å². The molecule has 4 nitrogen and oxygen atoms in total. The molecule has 0 unspecified atom stereocenters. The Kier molecular flexibility index (Phi) is 4.95. The average Bonchev–Trinajstić information content (AvgIpc) is 2.45. The zero-order valence-corrected chi connectivity index (χ0v) is 12.3. The van der Waals surface area contributed by atoms with Gasteiger partial charge in [-0.15, -0.1) is 0 Å². The number of carbonyl (C=O) groups excluding carboxylic acids is 1. The van der Waals surface area contributed by atoms with Gasteiger partial charge in [-0.25, -0.2) is 0 Å². The summed E-state index contributed by atoms with van der Waals surface area (Å²) in [6, 6.07) is 12.7. The Labute approximate surface area is 124 Å². The van der Waals surface area contributed by atoms with Crippen LogP contribution in [-0.4, -0.2) is 17.6 Å². The molecule has 0 fully saturated rings. The molecule has 0 aliphatic heterocycles. The number of aromatic hydroxyl groups is 1. The highest BCUT2D eigenvalue weighted by Crippen LogP contribution is 2.20. The molecule has 0 saturated carbocycles. The van der Waals surface area contributed by atoms with E-state index in [9.17, 15) is 9.90 Å². The first kappa shape index (κ1) is 15.1. The van der Waals surface area contributed by atoms with Crippen LogP contribution in [0.2, 0.25) is 0 Å². The molecule has 0 bridgehead atoms. The van der Waals surface area contributed by atoms with Gasteiger partial charge in [0.2, 0.25) is 0 Å². The summed E-state index contributed by atoms with van der Waals surface area (Å²) >= 11 is 0. The van der Waals surface area contributed by atoms with Crippen LogP contribution in [-0.2, 0) is 6.54 Å². The van der Waals surface area contributed by atoms with Gasteiger partial charge in [0.15, 0.2) is 0 Å². The predicted molar refractivity (Wildman–Crippen MR) is 84.6 cm³/mol. The van der Waals surface area contributed by atoms with Gasteiger partial charge in [-0.1, -0.05) is 25.1 Å². The van der Waals surface area contributed by atoms with Gasteiger partial charge in [-0.05, 0) is 48.9 Å². The number of hydrogen-bond donors (Lipinski definition) is 3. The number of aryl methyl sites for hydroxylation is 1. The van der Waals surface area contributed by atoms with Crippen molar-refractivity contribution in [3.05, 3.63) is 59.2 Å². The molecule has 0 heterocycles. The van der Waals surface area contributed by atoms with Crippen LogP contribution in [0, 0.1) is 6.92 Å². The molecule has 21 heavy (non-hydrogen) atoms. The maximum absolute atomic E-state index is 12.2. The minimum Gasteiger partial charge on any atom is -0.507 e. The Morgan fingerprint density at radius 3 is 2.71 bits per heavy atom. The number of amides is 1. The molecule has 0 aliphatic carbocycles. The molecule has 4 heteroatoms. The number of anilines is 1. The minimum atomic E-state index is -0.312. The van der Waals surface area contributed by atoms with E-state index < -0.39 is 0 Å². The Bertz CT molecular complexity index is 638. The third-order valence-corrected chi connectivity index (χ3v) is 3.16. The van der Waals surface area contributed by atoms with Gasteiger partial charge in [0.05, 0.1) is 5.56 Å². The SMILES string of the molecule is CCNCc1cccc(NC(=O)c2ccc(C)cc2O)c1. The van der Waals surface area contributed by atoms with Crippen molar-refractivity contribution in [2.45, 2.75) is 20.4 Å². The number of benzene rings is 2. The first-order valence-corrected chi connectivity index (χ1v) is 7.00. The van der Waals surface area contributed by atoms with Crippen LogP contribution in [0.25, 0.3) is 0 Å². The Morgan fingerprint density at radius 1 is 1.19 bits per heavy atom. The second-order valence-electron chi connectivity index (χ2n) is 4.96. The Morgan fingerprint density at radius 2 is 2.00 bits per heavy atom. The van der Waals surface area contributed by atoms with Crippen LogP contribution in [0.1, 0.15) is 28.4 Å². The van der Waals surface area contributed by atoms with Crippen LogP contribution in [0.15, 0.2) is 42.5 Å². The molecular formula is C17H20N2O2. The molecule has 0 aromatic heterocycles. The smallest absolute Gasteiger partial charge is 0.259 e. The second kappa shape index (κ2) is 6.90. The van der Waals surface area contributed by atoms with E-state index in [-0.39, 0.29) is 17.2 Å². The Balaban J connectivity index is 2.12. The zero-order valence-electron chi connectivity index (χ0n) is 12.3. The molecule has 0 saturated heterocycles. The first-order chi connectivity index (χ1) is 10.1. The van der Waals surface area contributed by atoms with Crippen LogP contribution < -0.4 is 10.6 Å². The van der Waals surface area contributed by atoms with Crippen molar-refractivity contribution in [1.82, 2.24) is 5.32 Å². The van der Waals surface area contributed by atoms with Crippen molar-refractivity contribution in [1.29, 1.82) is 0 Å². The summed E-state index contributed by atoms with van der Waals surface area (Å²) < 4.78 is 0. The van der Waals surface area contributed by atoms with Crippen molar-refractivity contribution in [3.63, 3.8) is 0 Å². The molecular weight excluding hydrogens is 264 g/mol. The minimum absolute atomic E-state index is 0.00342. The van der Waals surface area contributed by atoms with Gasteiger partial charge >= 0.3 is 0 Å². The van der Waals surface area contributed by atoms with Gasteiger partial charge in [0.1, 0.15) is 5.75 Å². The molecule has 0 spiro atoms. The molecule has 2 rings (SSSR count). The van der Waals surface area contributed by atoms with Crippen LogP contribution in [0.3, 0.4) is 0 Å². The maximum Gasteiger partial charge on any atom is 0.259 e. The number of phenols is 1. The summed E-state index contributed by atoms with van der Waals surface area (Å²) in [7, 11) is 0. The van der Waals surface area contributed by atoms with E-state index >= 15 is 0 Å². The molecule has 2 aromatic carbocycles. The number of nitrogens with one attached hydrogen (secondary N) is 2. The maximum atomic E-state index is 12.2. The number of hydrogen-bond acceptors (Lipinski definition) is 3. The fourth-order valence-corrected chi connectivity index (χ4v) is 2.06. The van der Waals surface area contributed by atoms with Crippen molar-refractivity contribution < 1.29 is 9.90 Å². The lowest BCUT2D eigenvalue weighted by Gasteiger charge is -2.09. The quantitative estimate of drug-likeness (QED) is 0.790. The summed E-state index contributed by atoms with van der Waals surface area (Å²) in [5.41, 5.74) is 3.01. The summed E-state index contributed by atoms with van der Waals surface area (Å²) in [5.74, 6) is -0.315. The van der Waals surface area contributed by atoms with Gasteiger partial charge in [-0.2, -0.15) is 0 Å². The fourth-order valence-electron chi connectivity index (χ4n) is 2.06.